The number of aliphatic hydroxyl groups excluding tert-OH is 2. The molecule has 3 saturated heterocycles. The lowest BCUT2D eigenvalue weighted by atomic mass is 9.83. The lowest BCUT2D eigenvalue weighted by Gasteiger charge is -2.23. The zero-order valence-electron chi connectivity index (χ0n) is 26.4. The number of aliphatic hydroxyl groups is 2. The van der Waals surface area contributed by atoms with Crippen LogP contribution in [0, 0.1) is 30.6 Å². The number of carbonyl (C=O) groups is 3. The van der Waals surface area contributed by atoms with Crippen molar-refractivity contribution in [3.05, 3.63) is 52.0 Å². The van der Waals surface area contributed by atoms with Gasteiger partial charge in [-0.05, 0) is 60.0 Å². The first-order valence-electron chi connectivity index (χ1n) is 15.7. The molecule has 7 N–H and O–H groups in total. The molecule has 45 heavy (non-hydrogen) atoms. The fourth-order valence-corrected chi connectivity index (χ4v) is 9.25. The summed E-state index contributed by atoms with van der Waals surface area (Å²) >= 11 is 1.78. The second-order valence-corrected chi connectivity index (χ2v) is 14.2. The molecule has 3 fully saturated rings. The zero-order valence-corrected chi connectivity index (χ0v) is 27.2. The van der Waals surface area contributed by atoms with Crippen LogP contribution in [0.4, 0.5) is 0 Å². The van der Waals surface area contributed by atoms with Gasteiger partial charge in [-0.3, -0.25) is 19.7 Å². The summed E-state index contributed by atoms with van der Waals surface area (Å²) in [5, 5.41) is 48.3. The number of hydrogen-bond donors (Lipinski definition) is 7. The number of aliphatic imine (C=N–C) groups is 1. The first-order valence-corrected chi connectivity index (χ1v) is 16.6. The van der Waals surface area contributed by atoms with Crippen LogP contribution in [0.5, 0.6) is 0 Å². The Kier molecular flexibility index (Phi) is 9.25. The number of allylic oxidation sites excluding steroid dienone is 1. The van der Waals surface area contributed by atoms with Crippen LogP contribution in [-0.2, 0) is 20.8 Å². The van der Waals surface area contributed by atoms with E-state index in [-0.39, 0.29) is 59.9 Å². The van der Waals surface area contributed by atoms with Crippen molar-refractivity contribution < 1.29 is 34.8 Å². The van der Waals surface area contributed by atoms with Gasteiger partial charge in [-0.15, -0.1) is 11.8 Å². The number of amides is 1. The number of H-pyrrole nitrogens is 1. The second kappa shape index (κ2) is 12.5. The minimum absolute atomic E-state index is 0.0535. The SMILES string of the molecule is C=C1C([C@H](O)c2[nH]c(/C=C3\N[C@]4(S[C@@H]4C4NC(O)[C@H](C)[C@H]4CC)C(C)\C3=C/CC(=O)O)c(CCC(=O)O)c2C)=NC(=O)C1CC. The van der Waals surface area contributed by atoms with E-state index < -0.39 is 35.1 Å². The van der Waals surface area contributed by atoms with Gasteiger partial charge in [0.25, 0.3) is 5.91 Å². The highest BCUT2D eigenvalue weighted by molar-refractivity contribution is 8.08. The average Bonchev–Trinajstić information content (AvgIpc) is 3.21. The van der Waals surface area contributed by atoms with Crippen molar-refractivity contribution in [3.63, 3.8) is 0 Å². The Morgan fingerprint density at radius 1 is 1.18 bits per heavy atom. The molecule has 4 aliphatic rings. The number of hydrogen-bond acceptors (Lipinski definition) is 8. The van der Waals surface area contributed by atoms with E-state index in [9.17, 15) is 34.8 Å². The van der Waals surface area contributed by atoms with Gasteiger partial charge < -0.3 is 30.7 Å². The van der Waals surface area contributed by atoms with Gasteiger partial charge in [0.2, 0.25) is 0 Å². The quantitative estimate of drug-likeness (QED) is 0.176. The van der Waals surface area contributed by atoms with Gasteiger partial charge in [-0.1, -0.05) is 46.8 Å². The monoisotopic (exact) mass is 640 g/mol. The van der Waals surface area contributed by atoms with Gasteiger partial charge in [0.15, 0.2) is 0 Å². The summed E-state index contributed by atoms with van der Waals surface area (Å²) in [4.78, 5) is 42.7. The molecule has 4 aliphatic heterocycles. The maximum Gasteiger partial charge on any atom is 0.307 e. The van der Waals surface area contributed by atoms with Crippen molar-refractivity contribution in [2.75, 3.05) is 0 Å². The molecule has 1 aromatic rings. The van der Waals surface area contributed by atoms with Gasteiger partial charge in [-0.2, -0.15) is 0 Å². The van der Waals surface area contributed by atoms with Gasteiger partial charge in [0.05, 0.1) is 29.0 Å². The third-order valence-corrected chi connectivity index (χ3v) is 12.0. The van der Waals surface area contributed by atoms with Crippen LogP contribution in [0.15, 0.2) is 34.5 Å². The Morgan fingerprint density at radius 2 is 1.89 bits per heavy atom. The van der Waals surface area contributed by atoms with E-state index in [4.69, 9.17) is 0 Å². The van der Waals surface area contributed by atoms with Crippen LogP contribution in [0.1, 0.15) is 82.0 Å². The molecule has 0 bridgehead atoms. The average molecular weight is 641 g/mol. The fraction of sp³-hybridized carbons (Fsp3) is 0.576. The topological polar surface area (TPSA) is 184 Å². The molecule has 244 valence electrons. The Hall–Kier alpha value is -3.19. The molecule has 1 amide bonds. The summed E-state index contributed by atoms with van der Waals surface area (Å²) < 4.78 is 0. The Bertz CT molecular complexity index is 1510. The van der Waals surface area contributed by atoms with E-state index in [1.165, 1.54) is 0 Å². The standard InChI is InChI=1S/C33H44N4O7S/c1-7-18-16(5)31(43)36-28(18)30-33(45-30)17(6)21(10-12-25(40)41)23(37-33)13-22-20(9-11-24(38)39)15(4)26(34-22)29(42)27-14(3)19(8-2)32(44)35-27/h10,13,16-19,28-31,34,36-37,42-43H,3,7-9,11-12H2,1-2,4-6H3,(H,38,39)(H,40,41)/b21-10+,23-13-/t16-,17?,18-,19?,28?,29-,30-,31?,33+/m1/s1. The molecule has 5 heterocycles. The predicted octanol–water partition coefficient (Wildman–Crippen LogP) is 3.68. The molecule has 0 saturated carbocycles. The number of nitrogens with zero attached hydrogens (tertiary/aromatic N) is 1. The molecule has 1 spiro atoms. The van der Waals surface area contributed by atoms with Crippen molar-refractivity contribution in [2.24, 2.45) is 28.7 Å². The first-order chi connectivity index (χ1) is 21.2. The lowest BCUT2D eigenvalue weighted by molar-refractivity contribution is -0.137. The molecule has 0 aliphatic carbocycles. The van der Waals surface area contributed by atoms with E-state index in [1.807, 2.05) is 13.0 Å². The molecule has 1 aromatic heterocycles. The van der Waals surface area contributed by atoms with Crippen LogP contribution < -0.4 is 10.6 Å². The Balaban J connectivity index is 1.54. The maximum absolute atomic E-state index is 12.4. The molecule has 0 radical (unpaired) electrons. The van der Waals surface area contributed by atoms with Crippen molar-refractivity contribution in [3.8, 4) is 0 Å². The molecule has 12 heteroatoms. The van der Waals surface area contributed by atoms with Gasteiger partial charge in [0.1, 0.15) is 17.2 Å². The summed E-state index contributed by atoms with van der Waals surface area (Å²) in [5.41, 5.74) is 4.62. The third-order valence-electron chi connectivity index (χ3n) is 10.3. The van der Waals surface area contributed by atoms with Crippen LogP contribution in [0.2, 0.25) is 0 Å². The number of carbonyl (C=O) groups excluding carboxylic acids is 1. The fourth-order valence-electron chi connectivity index (χ4n) is 7.56. The minimum Gasteiger partial charge on any atom is -0.481 e. The van der Waals surface area contributed by atoms with Crippen LogP contribution in [0.3, 0.4) is 0 Å². The first kappa shape index (κ1) is 33.2. The predicted molar refractivity (Wildman–Crippen MR) is 172 cm³/mol. The highest BCUT2D eigenvalue weighted by Crippen LogP contribution is 2.65. The lowest BCUT2D eigenvalue weighted by Crippen LogP contribution is -2.43. The van der Waals surface area contributed by atoms with Gasteiger partial charge in [-0.25, -0.2) is 4.99 Å². The zero-order chi connectivity index (χ0) is 33.0. The summed E-state index contributed by atoms with van der Waals surface area (Å²) in [6, 6.07) is 0.0792. The summed E-state index contributed by atoms with van der Waals surface area (Å²) in [6.45, 7) is 14.0. The van der Waals surface area contributed by atoms with E-state index >= 15 is 0 Å². The number of nitrogens with one attached hydrogen (secondary N) is 3. The largest absolute Gasteiger partial charge is 0.481 e. The smallest absolute Gasteiger partial charge is 0.307 e. The molecule has 11 nitrogen and oxygen atoms in total. The molecular formula is C33H44N4O7S. The van der Waals surface area contributed by atoms with Crippen LogP contribution in [-0.4, -0.2) is 71.4 Å². The molecule has 9 atom stereocenters. The summed E-state index contributed by atoms with van der Waals surface area (Å²) in [5.74, 6) is -2.38. The Morgan fingerprint density at radius 3 is 2.49 bits per heavy atom. The van der Waals surface area contributed by atoms with Gasteiger partial charge >= 0.3 is 11.9 Å². The Labute approximate surface area is 267 Å². The van der Waals surface area contributed by atoms with Gasteiger partial charge in [0, 0.05) is 29.8 Å². The number of carboxylic acids is 2. The summed E-state index contributed by atoms with van der Waals surface area (Å²) in [6.07, 6.45) is 3.10. The minimum atomic E-state index is -1.26. The second-order valence-electron chi connectivity index (χ2n) is 12.7. The van der Waals surface area contributed by atoms with Crippen LogP contribution in [0.25, 0.3) is 6.08 Å². The number of thioether (sulfide) groups is 1. The van der Waals surface area contributed by atoms with Crippen molar-refractivity contribution in [1.82, 2.24) is 15.6 Å². The van der Waals surface area contributed by atoms with Crippen molar-refractivity contribution in [2.45, 2.75) is 95.2 Å². The summed E-state index contributed by atoms with van der Waals surface area (Å²) in [7, 11) is 0. The van der Waals surface area contributed by atoms with E-state index in [1.54, 1.807) is 24.8 Å². The normalized spacial score (nSPS) is 35.0. The molecule has 0 aromatic carbocycles. The van der Waals surface area contributed by atoms with E-state index in [2.05, 4.69) is 48.0 Å². The third kappa shape index (κ3) is 5.82. The highest BCUT2D eigenvalue weighted by atomic mass is 32.2. The van der Waals surface area contributed by atoms with E-state index in [0.29, 0.717) is 34.5 Å². The van der Waals surface area contributed by atoms with Crippen molar-refractivity contribution >= 4 is 41.4 Å². The number of carboxylic acid groups (broad SMARTS) is 2. The van der Waals surface area contributed by atoms with Crippen LogP contribution >= 0.6 is 11.8 Å². The van der Waals surface area contributed by atoms with Crippen molar-refractivity contribution in [1.29, 1.82) is 0 Å². The molecule has 4 unspecified atom stereocenters. The number of rotatable bonds is 11. The number of aromatic nitrogens is 1. The van der Waals surface area contributed by atoms with E-state index in [0.717, 1.165) is 17.7 Å². The number of aromatic amines is 1. The number of aliphatic carboxylic acids is 2. The molecule has 5 rings (SSSR count). The molecular weight excluding hydrogens is 596 g/mol. The highest BCUT2D eigenvalue weighted by Gasteiger charge is 2.68. The maximum atomic E-state index is 12.4.